The quantitative estimate of drug-likeness (QED) is 0.0804. The number of fused-ring (bicyclic) bond motifs is 6. The van der Waals surface area contributed by atoms with Crippen molar-refractivity contribution in [3.63, 3.8) is 0 Å². The highest BCUT2D eigenvalue weighted by Gasteiger charge is 2.44. The van der Waals surface area contributed by atoms with Crippen LogP contribution in [-0.2, 0) is 23.7 Å². The molecule has 0 heteroatoms. The van der Waals surface area contributed by atoms with Crippen LogP contribution in [0, 0.1) is 34.6 Å². The Kier molecular flexibility index (Phi) is 14.8. The Bertz CT molecular complexity index is 2350. The zero-order chi connectivity index (χ0) is 43.9. The predicted octanol–water partition coefficient (Wildman–Crippen LogP) is 17.8. The first-order valence-electron chi connectivity index (χ1n) is 24.7. The Balaban J connectivity index is 0.000000188. The summed E-state index contributed by atoms with van der Waals surface area (Å²) in [5, 5.41) is 0. The van der Waals surface area contributed by atoms with Crippen LogP contribution in [0.15, 0.2) is 115 Å². The molecule has 6 aromatic carbocycles. The SMILES string of the molecule is CCCCCCc1cc(C)cc(C2(C)c3cc(C)ccc3-c3ccc(C)cc32)c1.CCCCCCc1cccc(C2(CCCCCC)c3cc(C)ccc3-c3ccc(C)cc32)c1. The molecule has 0 fully saturated rings. The first-order valence-corrected chi connectivity index (χ1v) is 24.7. The average molecular weight is 821 g/mol. The van der Waals surface area contributed by atoms with E-state index in [9.17, 15) is 0 Å². The lowest BCUT2D eigenvalue weighted by Gasteiger charge is -2.34. The molecule has 0 aromatic heterocycles. The standard InChI is InChI=1S/C33H42.C29H34/c1-5-7-9-11-14-27-15-13-16-28(24-27)33(21-12-10-8-6-2)31-22-25(3)17-19-29(31)30-20-18-26(4)23-32(30)33;1-6-7-8-9-10-23-15-22(4)16-24(19-23)29(5)27-17-20(2)11-13-25(27)26-14-12-21(3)18-28(26)29/h13,15-20,22-24H,5-12,14,21H2,1-4H3;11-19H,6-10H2,1-5H3. The normalized spacial score (nSPS) is 13.8. The molecule has 2 aliphatic rings. The van der Waals surface area contributed by atoms with Crippen LogP contribution < -0.4 is 0 Å². The van der Waals surface area contributed by atoms with Gasteiger partial charge in [-0.2, -0.15) is 0 Å². The minimum absolute atomic E-state index is 0.0319. The van der Waals surface area contributed by atoms with Gasteiger partial charge >= 0.3 is 0 Å². The first-order chi connectivity index (χ1) is 30.0. The third kappa shape index (κ3) is 9.32. The molecule has 2 aliphatic carbocycles. The number of rotatable bonds is 17. The van der Waals surface area contributed by atoms with E-state index >= 15 is 0 Å². The predicted molar refractivity (Wildman–Crippen MR) is 270 cm³/mol. The number of unbranched alkanes of at least 4 members (excludes halogenated alkanes) is 9. The number of hydrogen-bond acceptors (Lipinski definition) is 0. The van der Waals surface area contributed by atoms with Crippen LogP contribution >= 0.6 is 0 Å². The highest BCUT2D eigenvalue weighted by molar-refractivity contribution is 5.85. The Morgan fingerprint density at radius 3 is 1.29 bits per heavy atom. The van der Waals surface area contributed by atoms with Gasteiger partial charge in [0.05, 0.1) is 0 Å². The van der Waals surface area contributed by atoms with Gasteiger partial charge in [-0.15, -0.1) is 0 Å². The molecule has 0 amide bonds. The zero-order valence-electron chi connectivity index (χ0n) is 40.1. The Morgan fingerprint density at radius 2 is 0.790 bits per heavy atom. The topological polar surface area (TPSA) is 0 Å². The molecule has 0 nitrogen and oxygen atoms in total. The van der Waals surface area contributed by atoms with Gasteiger partial charge in [0.15, 0.2) is 0 Å². The molecule has 6 aromatic rings. The minimum atomic E-state index is -0.0904. The maximum absolute atomic E-state index is 2.55. The number of hydrogen-bond donors (Lipinski definition) is 0. The van der Waals surface area contributed by atoms with Crippen molar-refractivity contribution in [3.8, 4) is 22.3 Å². The number of benzene rings is 6. The van der Waals surface area contributed by atoms with Crippen molar-refractivity contribution >= 4 is 0 Å². The molecule has 8 rings (SSSR count). The smallest absolute Gasteiger partial charge is 0.0463 e. The van der Waals surface area contributed by atoms with Crippen LogP contribution in [0.5, 0.6) is 0 Å². The van der Waals surface area contributed by atoms with Gasteiger partial charge in [0, 0.05) is 10.8 Å². The van der Waals surface area contributed by atoms with Crippen molar-refractivity contribution < 1.29 is 0 Å². The van der Waals surface area contributed by atoms with Crippen molar-refractivity contribution in [1.82, 2.24) is 0 Å². The molecule has 324 valence electrons. The second-order valence-electron chi connectivity index (χ2n) is 19.6. The van der Waals surface area contributed by atoms with Crippen LogP contribution in [-0.4, -0.2) is 0 Å². The Hall–Kier alpha value is -4.68. The van der Waals surface area contributed by atoms with Crippen molar-refractivity contribution in [1.29, 1.82) is 0 Å². The highest BCUT2D eigenvalue weighted by Crippen LogP contribution is 2.56. The molecular weight excluding hydrogens is 745 g/mol. The van der Waals surface area contributed by atoms with Crippen LogP contribution in [0.2, 0.25) is 0 Å². The van der Waals surface area contributed by atoms with Gasteiger partial charge in [0.1, 0.15) is 0 Å². The average Bonchev–Trinajstić information content (AvgIpc) is 3.67. The lowest BCUT2D eigenvalue weighted by atomic mass is 9.68. The molecule has 0 radical (unpaired) electrons. The van der Waals surface area contributed by atoms with Crippen LogP contribution in [0.25, 0.3) is 22.3 Å². The van der Waals surface area contributed by atoms with E-state index in [4.69, 9.17) is 0 Å². The van der Waals surface area contributed by atoms with Gasteiger partial charge in [0.2, 0.25) is 0 Å². The van der Waals surface area contributed by atoms with Crippen molar-refractivity contribution in [3.05, 3.63) is 188 Å². The maximum Gasteiger partial charge on any atom is 0.0463 e. The summed E-state index contributed by atoms with van der Waals surface area (Å²) < 4.78 is 0. The van der Waals surface area contributed by atoms with Gasteiger partial charge in [0.25, 0.3) is 0 Å². The monoisotopic (exact) mass is 821 g/mol. The first kappa shape index (κ1) is 45.3. The van der Waals surface area contributed by atoms with Gasteiger partial charge < -0.3 is 0 Å². The second-order valence-corrected chi connectivity index (χ2v) is 19.6. The molecule has 0 atom stereocenters. The summed E-state index contributed by atoms with van der Waals surface area (Å²) in [6.45, 7) is 20.5. The van der Waals surface area contributed by atoms with E-state index in [1.54, 1.807) is 0 Å². The Morgan fingerprint density at radius 1 is 0.355 bits per heavy atom. The van der Waals surface area contributed by atoms with E-state index in [1.165, 1.54) is 191 Å². The van der Waals surface area contributed by atoms with E-state index in [1.807, 2.05) is 0 Å². The van der Waals surface area contributed by atoms with Gasteiger partial charge in [-0.1, -0.05) is 228 Å². The summed E-state index contributed by atoms with van der Waals surface area (Å²) in [6.07, 6.45) is 19.3. The summed E-state index contributed by atoms with van der Waals surface area (Å²) >= 11 is 0. The molecule has 0 spiro atoms. The van der Waals surface area contributed by atoms with Gasteiger partial charge in [-0.05, 0) is 140 Å². The largest absolute Gasteiger partial charge is 0.0654 e. The summed E-state index contributed by atoms with van der Waals surface area (Å²) in [7, 11) is 0. The van der Waals surface area contributed by atoms with Crippen LogP contribution in [0.4, 0.5) is 0 Å². The van der Waals surface area contributed by atoms with Gasteiger partial charge in [-0.25, -0.2) is 0 Å². The van der Waals surface area contributed by atoms with E-state index in [0.717, 1.165) is 0 Å². The van der Waals surface area contributed by atoms with E-state index in [2.05, 4.69) is 178 Å². The zero-order valence-corrected chi connectivity index (χ0v) is 40.1. The van der Waals surface area contributed by atoms with Crippen LogP contribution in [0.3, 0.4) is 0 Å². The molecular formula is C62H76. The van der Waals surface area contributed by atoms with Crippen molar-refractivity contribution in [2.24, 2.45) is 0 Å². The van der Waals surface area contributed by atoms with Crippen molar-refractivity contribution in [2.75, 3.05) is 0 Å². The second kappa shape index (κ2) is 20.2. The molecule has 0 heterocycles. The lowest BCUT2D eigenvalue weighted by Crippen LogP contribution is -2.27. The minimum Gasteiger partial charge on any atom is -0.0654 e. The lowest BCUT2D eigenvalue weighted by molar-refractivity contribution is 0.515. The van der Waals surface area contributed by atoms with E-state index in [0.29, 0.717) is 0 Å². The third-order valence-electron chi connectivity index (χ3n) is 14.5. The van der Waals surface area contributed by atoms with Gasteiger partial charge in [-0.3, -0.25) is 0 Å². The van der Waals surface area contributed by atoms with Crippen molar-refractivity contribution in [2.45, 2.75) is 169 Å². The summed E-state index contributed by atoms with van der Waals surface area (Å²) in [5.41, 5.74) is 24.3. The number of aryl methyl sites for hydroxylation is 7. The summed E-state index contributed by atoms with van der Waals surface area (Å²) in [5.74, 6) is 0. The molecule has 0 unspecified atom stereocenters. The molecule has 0 saturated heterocycles. The maximum atomic E-state index is 2.55. The highest BCUT2D eigenvalue weighted by atomic mass is 14.5. The summed E-state index contributed by atoms with van der Waals surface area (Å²) in [4.78, 5) is 0. The van der Waals surface area contributed by atoms with E-state index in [-0.39, 0.29) is 10.8 Å². The molecule has 0 saturated carbocycles. The fourth-order valence-electron chi connectivity index (χ4n) is 11.0. The fourth-order valence-corrected chi connectivity index (χ4v) is 11.0. The van der Waals surface area contributed by atoms with Crippen LogP contribution in [0.1, 0.15) is 183 Å². The van der Waals surface area contributed by atoms with E-state index < -0.39 is 0 Å². The third-order valence-corrected chi connectivity index (χ3v) is 14.5. The molecule has 0 aliphatic heterocycles. The molecule has 0 N–H and O–H groups in total. The summed E-state index contributed by atoms with van der Waals surface area (Å²) in [6, 6.07) is 45.2. The molecule has 0 bridgehead atoms. The fraction of sp³-hybridized carbons (Fsp3) is 0.419. The molecule has 62 heavy (non-hydrogen) atoms. The Labute approximate surface area is 377 Å².